The standard InChI is InChI=1S/C21H25ClN2O/c1-15-5-10-20(12-16(15)2)23-21(25)18-4-3-11-24(14-18)13-17-6-8-19(22)9-7-17/h5-10,12,18H,3-4,11,13-14H2,1-2H3,(H,23,25)/t18-/m0/s1. The summed E-state index contributed by atoms with van der Waals surface area (Å²) >= 11 is 5.95. The molecule has 1 N–H and O–H groups in total. The van der Waals surface area contributed by atoms with E-state index in [9.17, 15) is 4.79 Å². The predicted molar refractivity (Wildman–Crippen MR) is 104 cm³/mol. The average molecular weight is 357 g/mol. The van der Waals surface area contributed by atoms with Crippen LogP contribution in [0.1, 0.15) is 29.5 Å². The fourth-order valence-corrected chi connectivity index (χ4v) is 3.45. The molecule has 0 saturated carbocycles. The van der Waals surface area contributed by atoms with Crippen molar-refractivity contribution in [2.24, 2.45) is 5.92 Å². The van der Waals surface area contributed by atoms with E-state index >= 15 is 0 Å². The summed E-state index contributed by atoms with van der Waals surface area (Å²) in [6, 6.07) is 14.0. The van der Waals surface area contributed by atoms with Gasteiger partial charge < -0.3 is 5.32 Å². The molecular weight excluding hydrogens is 332 g/mol. The van der Waals surface area contributed by atoms with Gasteiger partial charge in [-0.05, 0) is 74.2 Å². The third-order valence-corrected chi connectivity index (χ3v) is 5.22. The minimum atomic E-state index is 0.0441. The van der Waals surface area contributed by atoms with Crippen LogP contribution in [-0.4, -0.2) is 23.9 Å². The number of hydrogen-bond acceptors (Lipinski definition) is 2. The molecule has 1 aliphatic heterocycles. The van der Waals surface area contributed by atoms with Crippen LogP contribution in [0.4, 0.5) is 5.69 Å². The summed E-state index contributed by atoms with van der Waals surface area (Å²) in [5, 5.41) is 3.85. The highest BCUT2D eigenvalue weighted by atomic mass is 35.5. The third kappa shape index (κ3) is 4.83. The van der Waals surface area contributed by atoms with Crippen molar-refractivity contribution in [1.29, 1.82) is 0 Å². The first-order valence-electron chi connectivity index (χ1n) is 8.86. The molecule has 25 heavy (non-hydrogen) atoms. The second-order valence-corrected chi connectivity index (χ2v) is 7.43. The Morgan fingerprint density at radius 2 is 1.92 bits per heavy atom. The van der Waals surface area contributed by atoms with Crippen LogP contribution in [-0.2, 0) is 11.3 Å². The quantitative estimate of drug-likeness (QED) is 0.852. The molecule has 0 bridgehead atoms. The van der Waals surface area contributed by atoms with Crippen molar-refractivity contribution in [3.05, 3.63) is 64.2 Å². The Kier molecular flexibility index (Phi) is 5.77. The molecular formula is C21H25ClN2O. The van der Waals surface area contributed by atoms with Crippen molar-refractivity contribution in [3.63, 3.8) is 0 Å². The normalized spacial score (nSPS) is 18.1. The number of rotatable bonds is 4. The summed E-state index contributed by atoms with van der Waals surface area (Å²) in [6.07, 6.45) is 2.01. The molecule has 1 amide bonds. The van der Waals surface area contributed by atoms with Gasteiger partial charge in [0.25, 0.3) is 0 Å². The van der Waals surface area contributed by atoms with E-state index in [1.54, 1.807) is 0 Å². The Balaban J connectivity index is 1.59. The molecule has 3 rings (SSSR count). The topological polar surface area (TPSA) is 32.3 Å². The molecule has 2 aromatic rings. The van der Waals surface area contributed by atoms with Gasteiger partial charge in [0.2, 0.25) is 5.91 Å². The van der Waals surface area contributed by atoms with E-state index in [1.807, 2.05) is 24.3 Å². The Bertz CT molecular complexity index is 742. The fourth-order valence-electron chi connectivity index (χ4n) is 3.32. The molecule has 4 heteroatoms. The van der Waals surface area contributed by atoms with Crippen LogP contribution in [0.3, 0.4) is 0 Å². The van der Waals surface area contributed by atoms with Gasteiger partial charge in [0.05, 0.1) is 5.92 Å². The Morgan fingerprint density at radius 1 is 1.16 bits per heavy atom. The summed E-state index contributed by atoms with van der Waals surface area (Å²) in [7, 11) is 0. The van der Waals surface area contributed by atoms with Gasteiger partial charge in [-0.15, -0.1) is 0 Å². The highest BCUT2D eigenvalue weighted by Gasteiger charge is 2.25. The number of hydrogen-bond donors (Lipinski definition) is 1. The van der Waals surface area contributed by atoms with Crippen LogP contribution in [0.25, 0.3) is 0 Å². The van der Waals surface area contributed by atoms with Gasteiger partial charge in [-0.3, -0.25) is 9.69 Å². The first-order chi connectivity index (χ1) is 12.0. The maximum absolute atomic E-state index is 12.7. The largest absolute Gasteiger partial charge is 0.326 e. The lowest BCUT2D eigenvalue weighted by atomic mass is 9.96. The molecule has 0 aromatic heterocycles. The summed E-state index contributed by atoms with van der Waals surface area (Å²) in [4.78, 5) is 15.0. The van der Waals surface area contributed by atoms with Crippen molar-refractivity contribution < 1.29 is 4.79 Å². The Hall–Kier alpha value is -1.84. The van der Waals surface area contributed by atoms with Crippen molar-refractivity contribution in [2.45, 2.75) is 33.2 Å². The first-order valence-corrected chi connectivity index (χ1v) is 9.24. The number of amides is 1. The number of benzene rings is 2. The van der Waals surface area contributed by atoms with Crippen LogP contribution >= 0.6 is 11.6 Å². The Labute approximate surface area is 155 Å². The van der Waals surface area contributed by atoms with Crippen molar-refractivity contribution in [1.82, 2.24) is 4.90 Å². The minimum absolute atomic E-state index is 0.0441. The summed E-state index contributed by atoms with van der Waals surface area (Å²) < 4.78 is 0. The third-order valence-electron chi connectivity index (χ3n) is 4.97. The van der Waals surface area contributed by atoms with Crippen molar-refractivity contribution >= 4 is 23.2 Å². The summed E-state index contributed by atoms with van der Waals surface area (Å²) in [5.41, 5.74) is 4.57. The molecule has 0 radical (unpaired) electrons. The lowest BCUT2D eigenvalue weighted by molar-refractivity contribution is -0.121. The van der Waals surface area contributed by atoms with Crippen molar-refractivity contribution in [3.8, 4) is 0 Å². The van der Waals surface area contributed by atoms with Gasteiger partial charge in [0.1, 0.15) is 0 Å². The van der Waals surface area contributed by atoms with E-state index in [4.69, 9.17) is 11.6 Å². The van der Waals surface area contributed by atoms with Gasteiger partial charge in [0, 0.05) is 23.8 Å². The average Bonchev–Trinajstić information content (AvgIpc) is 2.60. The molecule has 132 valence electrons. The number of halogens is 1. The number of likely N-dealkylation sites (tertiary alicyclic amines) is 1. The number of piperidine rings is 1. The van der Waals surface area contributed by atoms with Gasteiger partial charge in [-0.1, -0.05) is 29.8 Å². The smallest absolute Gasteiger partial charge is 0.228 e. The molecule has 1 fully saturated rings. The van der Waals surface area contributed by atoms with Crippen molar-refractivity contribution in [2.75, 3.05) is 18.4 Å². The lowest BCUT2D eigenvalue weighted by Crippen LogP contribution is -2.40. The lowest BCUT2D eigenvalue weighted by Gasteiger charge is -2.32. The van der Waals surface area contributed by atoms with Crippen LogP contribution < -0.4 is 5.32 Å². The van der Waals surface area contributed by atoms with Crippen LogP contribution in [0.2, 0.25) is 5.02 Å². The highest BCUT2D eigenvalue weighted by Crippen LogP contribution is 2.22. The van der Waals surface area contributed by atoms with Crippen LogP contribution in [0.15, 0.2) is 42.5 Å². The summed E-state index contributed by atoms with van der Waals surface area (Å²) in [5.74, 6) is 0.173. The number of carbonyl (C=O) groups is 1. The summed E-state index contributed by atoms with van der Waals surface area (Å²) in [6.45, 7) is 6.86. The van der Waals surface area contributed by atoms with Gasteiger partial charge >= 0.3 is 0 Å². The number of nitrogens with one attached hydrogen (secondary N) is 1. The monoisotopic (exact) mass is 356 g/mol. The highest BCUT2D eigenvalue weighted by molar-refractivity contribution is 6.30. The van der Waals surface area contributed by atoms with Gasteiger partial charge in [-0.25, -0.2) is 0 Å². The molecule has 1 saturated heterocycles. The van der Waals surface area contributed by atoms with Gasteiger partial charge in [0.15, 0.2) is 0 Å². The number of carbonyl (C=O) groups excluding carboxylic acids is 1. The van der Waals surface area contributed by atoms with E-state index in [-0.39, 0.29) is 11.8 Å². The predicted octanol–water partition coefficient (Wildman–Crippen LogP) is 4.81. The second kappa shape index (κ2) is 8.03. The zero-order valence-electron chi connectivity index (χ0n) is 14.9. The van der Waals surface area contributed by atoms with E-state index in [0.29, 0.717) is 0 Å². The van der Waals surface area contributed by atoms with Crippen LogP contribution in [0.5, 0.6) is 0 Å². The maximum atomic E-state index is 12.7. The zero-order valence-corrected chi connectivity index (χ0v) is 15.6. The number of nitrogens with zero attached hydrogens (tertiary/aromatic N) is 1. The van der Waals surface area contributed by atoms with E-state index < -0.39 is 0 Å². The molecule has 2 aromatic carbocycles. The van der Waals surface area contributed by atoms with E-state index in [2.05, 4.69) is 42.3 Å². The van der Waals surface area contributed by atoms with Crippen LogP contribution in [0, 0.1) is 19.8 Å². The number of aryl methyl sites for hydroxylation is 2. The van der Waals surface area contributed by atoms with E-state index in [1.165, 1.54) is 16.7 Å². The SMILES string of the molecule is Cc1ccc(NC(=O)[C@H]2CCCN(Cc3ccc(Cl)cc3)C2)cc1C. The molecule has 1 atom stereocenters. The molecule has 1 aliphatic rings. The molecule has 0 spiro atoms. The minimum Gasteiger partial charge on any atom is -0.326 e. The number of anilines is 1. The fraction of sp³-hybridized carbons (Fsp3) is 0.381. The second-order valence-electron chi connectivity index (χ2n) is 6.99. The zero-order chi connectivity index (χ0) is 17.8. The molecule has 0 aliphatic carbocycles. The molecule has 0 unspecified atom stereocenters. The van der Waals surface area contributed by atoms with Gasteiger partial charge in [-0.2, -0.15) is 0 Å². The molecule has 3 nitrogen and oxygen atoms in total. The first kappa shape index (κ1) is 18.0. The van der Waals surface area contributed by atoms with E-state index in [0.717, 1.165) is 43.2 Å². The Morgan fingerprint density at radius 3 is 2.64 bits per heavy atom. The molecule has 1 heterocycles. The maximum Gasteiger partial charge on any atom is 0.228 e.